The Bertz CT molecular complexity index is 469. The largest absolute Gasteiger partial charge is 0.495 e. The minimum Gasteiger partial charge on any atom is -0.495 e. The van der Waals surface area contributed by atoms with E-state index in [1.165, 1.54) is 13.2 Å². The summed E-state index contributed by atoms with van der Waals surface area (Å²) in [6.07, 6.45) is 0.534. The van der Waals surface area contributed by atoms with Gasteiger partial charge in [-0.15, -0.1) is 0 Å². The van der Waals surface area contributed by atoms with Crippen LogP contribution in [0.15, 0.2) is 23.1 Å². The highest BCUT2D eigenvalue weighted by atomic mass is 32.2. The topological polar surface area (TPSA) is 95.4 Å². The summed E-state index contributed by atoms with van der Waals surface area (Å²) in [5, 5.41) is 5.09. The fourth-order valence-corrected chi connectivity index (χ4v) is 2.27. The number of sulfonamides is 1. The van der Waals surface area contributed by atoms with Crippen LogP contribution in [0.5, 0.6) is 5.75 Å². The second kappa shape index (κ2) is 4.82. The molecule has 1 aromatic rings. The van der Waals surface area contributed by atoms with Crippen molar-refractivity contribution in [1.29, 1.82) is 0 Å². The molecule has 0 bridgehead atoms. The third kappa shape index (κ3) is 2.94. The van der Waals surface area contributed by atoms with Crippen molar-refractivity contribution in [2.24, 2.45) is 10.9 Å². The fourth-order valence-electron chi connectivity index (χ4n) is 1.52. The molecule has 1 rings (SSSR count). The van der Waals surface area contributed by atoms with Crippen molar-refractivity contribution in [3.05, 3.63) is 23.8 Å². The van der Waals surface area contributed by atoms with E-state index in [-0.39, 0.29) is 16.7 Å². The molecule has 4 N–H and O–H groups in total. The molecule has 0 aromatic heterocycles. The predicted molar refractivity (Wildman–Crippen MR) is 61.7 cm³/mol. The molecule has 6 heteroatoms. The molecule has 0 saturated carbocycles. The summed E-state index contributed by atoms with van der Waals surface area (Å²) in [4.78, 5) is -0.00634. The normalized spacial score (nSPS) is 13.5. The van der Waals surface area contributed by atoms with Crippen LogP contribution >= 0.6 is 0 Å². The molecule has 0 saturated heterocycles. The van der Waals surface area contributed by atoms with Crippen molar-refractivity contribution in [3.8, 4) is 5.75 Å². The first kappa shape index (κ1) is 13.0. The Morgan fingerprint density at radius 3 is 2.50 bits per heavy atom. The van der Waals surface area contributed by atoms with Gasteiger partial charge >= 0.3 is 0 Å². The molecule has 0 heterocycles. The summed E-state index contributed by atoms with van der Waals surface area (Å²) >= 11 is 0. The molecule has 1 aromatic carbocycles. The van der Waals surface area contributed by atoms with Crippen LogP contribution in [-0.4, -0.2) is 21.6 Å². The molecule has 90 valence electrons. The van der Waals surface area contributed by atoms with Crippen LogP contribution in [0.1, 0.15) is 12.5 Å². The van der Waals surface area contributed by atoms with E-state index in [2.05, 4.69) is 0 Å². The van der Waals surface area contributed by atoms with Gasteiger partial charge in [-0.25, -0.2) is 13.6 Å². The number of hydrogen-bond donors (Lipinski definition) is 2. The first-order valence-electron chi connectivity index (χ1n) is 4.80. The Hall–Kier alpha value is -1.11. The van der Waals surface area contributed by atoms with Crippen molar-refractivity contribution in [3.63, 3.8) is 0 Å². The maximum absolute atomic E-state index is 11.3. The molecule has 0 fully saturated rings. The standard InChI is InChI=1S/C10H16N2O3S/c1-7(11)6-8-4-3-5-9(10(8)15-2)16(12,13)14/h3-5,7H,6,11H2,1-2H3,(H2,12,13,14). The molecule has 0 aliphatic heterocycles. The van der Waals surface area contributed by atoms with Crippen LogP contribution in [0.2, 0.25) is 0 Å². The lowest BCUT2D eigenvalue weighted by molar-refractivity contribution is 0.396. The SMILES string of the molecule is COc1c(CC(C)N)cccc1S(N)(=O)=O. The first-order valence-corrected chi connectivity index (χ1v) is 6.35. The van der Waals surface area contributed by atoms with Gasteiger partial charge in [0.1, 0.15) is 10.6 Å². The minimum absolute atomic E-state index is 0.00634. The lowest BCUT2D eigenvalue weighted by Crippen LogP contribution is -2.19. The summed E-state index contributed by atoms with van der Waals surface area (Å²) in [6.45, 7) is 1.84. The summed E-state index contributed by atoms with van der Waals surface area (Å²) in [5.41, 5.74) is 6.41. The molecular formula is C10H16N2O3S. The van der Waals surface area contributed by atoms with Crippen molar-refractivity contribution in [1.82, 2.24) is 0 Å². The number of benzene rings is 1. The van der Waals surface area contributed by atoms with Crippen LogP contribution in [0.25, 0.3) is 0 Å². The van der Waals surface area contributed by atoms with E-state index in [1.54, 1.807) is 12.1 Å². The van der Waals surface area contributed by atoms with Crippen molar-refractivity contribution in [2.75, 3.05) is 7.11 Å². The Balaban J connectivity index is 3.32. The lowest BCUT2D eigenvalue weighted by atomic mass is 10.1. The van der Waals surface area contributed by atoms with Gasteiger partial charge in [-0.2, -0.15) is 0 Å². The zero-order chi connectivity index (χ0) is 12.3. The maximum atomic E-state index is 11.3. The number of methoxy groups -OCH3 is 1. The molecule has 1 unspecified atom stereocenters. The van der Waals surface area contributed by atoms with Crippen LogP contribution in [0, 0.1) is 0 Å². The summed E-state index contributed by atoms with van der Waals surface area (Å²) in [5.74, 6) is 0.280. The van der Waals surface area contributed by atoms with Gasteiger partial charge in [0.15, 0.2) is 0 Å². The Kier molecular flexibility index (Phi) is 3.90. The highest BCUT2D eigenvalue weighted by Crippen LogP contribution is 2.27. The molecule has 16 heavy (non-hydrogen) atoms. The second-order valence-corrected chi connectivity index (χ2v) is 5.20. The Morgan fingerprint density at radius 1 is 1.44 bits per heavy atom. The number of primary sulfonamides is 1. The molecule has 5 nitrogen and oxygen atoms in total. The Morgan fingerprint density at radius 2 is 2.06 bits per heavy atom. The van der Waals surface area contributed by atoms with E-state index in [9.17, 15) is 8.42 Å². The third-order valence-electron chi connectivity index (χ3n) is 2.11. The van der Waals surface area contributed by atoms with E-state index >= 15 is 0 Å². The lowest BCUT2D eigenvalue weighted by Gasteiger charge is -2.13. The van der Waals surface area contributed by atoms with E-state index < -0.39 is 10.0 Å². The highest BCUT2D eigenvalue weighted by molar-refractivity contribution is 7.89. The monoisotopic (exact) mass is 244 g/mol. The van der Waals surface area contributed by atoms with Crippen LogP contribution < -0.4 is 15.6 Å². The minimum atomic E-state index is -3.77. The fraction of sp³-hybridized carbons (Fsp3) is 0.400. The van der Waals surface area contributed by atoms with E-state index in [4.69, 9.17) is 15.6 Å². The summed E-state index contributed by atoms with van der Waals surface area (Å²) in [6, 6.07) is 4.74. The molecule has 0 aliphatic rings. The van der Waals surface area contributed by atoms with Crippen molar-refractivity contribution >= 4 is 10.0 Å². The third-order valence-corrected chi connectivity index (χ3v) is 3.05. The maximum Gasteiger partial charge on any atom is 0.241 e. The van der Waals surface area contributed by atoms with Gasteiger partial charge in [-0.3, -0.25) is 0 Å². The number of para-hydroxylation sites is 1. The van der Waals surface area contributed by atoms with Crippen LogP contribution in [0.4, 0.5) is 0 Å². The zero-order valence-electron chi connectivity index (χ0n) is 9.30. The zero-order valence-corrected chi connectivity index (χ0v) is 10.1. The number of ether oxygens (including phenoxy) is 1. The quantitative estimate of drug-likeness (QED) is 0.792. The van der Waals surface area contributed by atoms with Crippen molar-refractivity contribution in [2.45, 2.75) is 24.3 Å². The Labute approximate surface area is 95.4 Å². The number of nitrogens with two attached hydrogens (primary N) is 2. The van der Waals surface area contributed by atoms with E-state index in [1.807, 2.05) is 6.92 Å². The molecular weight excluding hydrogens is 228 g/mol. The van der Waals surface area contributed by atoms with Crippen LogP contribution in [-0.2, 0) is 16.4 Å². The van der Waals surface area contributed by atoms with E-state index in [0.717, 1.165) is 5.56 Å². The second-order valence-electron chi connectivity index (χ2n) is 3.67. The van der Waals surface area contributed by atoms with Gasteiger partial charge in [0.05, 0.1) is 7.11 Å². The first-order chi connectivity index (χ1) is 7.36. The van der Waals surface area contributed by atoms with Gasteiger partial charge in [0.2, 0.25) is 10.0 Å². The molecule has 0 aliphatic carbocycles. The van der Waals surface area contributed by atoms with Gasteiger partial charge < -0.3 is 10.5 Å². The summed E-state index contributed by atoms with van der Waals surface area (Å²) < 4.78 is 27.7. The summed E-state index contributed by atoms with van der Waals surface area (Å²) in [7, 11) is -2.36. The number of rotatable bonds is 4. The van der Waals surface area contributed by atoms with Gasteiger partial charge in [-0.05, 0) is 25.0 Å². The molecule has 0 spiro atoms. The smallest absolute Gasteiger partial charge is 0.241 e. The van der Waals surface area contributed by atoms with E-state index in [0.29, 0.717) is 6.42 Å². The van der Waals surface area contributed by atoms with Gasteiger partial charge in [-0.1, -0.05) is 12.1 Å². The molecule has 1 atom stereocenters. The average molecular weight is 244 g/mol. The van der Waals surface area contributed by atoms with Gasteiger partial charge in [0, 0.05) is 6.04 Å². The van der Waals surface area contributed by atoms with Crippen molar-refractivity contribution < 1.29 is 13.2 Å². The van der Waals surface area contributed by atoms with Gasteiger partial charge in [0.25, 0.3) is 0 Å². The van der Waals surface area contributed by atoms with Crippen LogP contribution in [0.3, 0.4) is 0 Å². The molecule has 0 amide bonds. The molecule has 0 radical (unpaired) electrons. The number of hydrogen-bond acceptors (Lipinski definition) is 4. The average Bonchev–Trinajstić information content (AvgIpc) is 2.15. The highest BCUT2D eigenvalue weighted by Gasteiger charge is 2.18. The predicted octanol–water partition coefficient (Wildman–Crippen LogP) is 0.232.